The lowest BCUT2D eigenvalue weighted by molar-refractivity contribution is 0.528. The van der Waals surface area contributed by atoms with E-state index < -0.39 is 0 Å². The number of aromatic nitrogens is 1. The molecule has 1 aromatic carbocycles. The quantitative estimate of drug-likeness (QED) is 0.856. The van der Waals surface area contributed by atoms with E-state index in [9.17, 15) is 0 Å². The van der Waals surface area contributed by atoms with Gasteiger partial charge in [-0.15, -0.1) is 0 Å². The van der Waals surface area contributed by atoms with Gasteiger partial charge in [0.25, 0.3) is 0 Å². The molecule has 106 valence electrons. The van der Waals surface area contributed by atoms with Gasteiger partial charge in [0.1, 0.15) is 0 Å². The van der Waals surface area contributed by atoms with E-state index in [2.05, 4.69) is 35.4 Å². The number of nitrogens with zero attached hydrogens (tertiary/aromatic N) is 1. The van der Waals surface area contributed by atoms with Crippen molar-refractivity contribution in [3.63, 3.8) is 0 Å². The summed E-state index contributed by atoms with van der Waals surface area (Å²) in [6, 6.07) is 12.5. The fourth-order valence-electron chi connectivity index (χ4n) is 2.20. The first kappa shape index (κ1) is 15.0. The molecule has 0 amide bonds. The van der Waals surface area contributed by atoms with Crippen molar-refractivity contribution >= 4 is 11.6 Å². The van der Waals surface area contributed by atoms with E-state index in [4.69, 9.17) is 11.6 Å². The molecule has 20 heavy (non-hydrogen) atoms. The van der Waals surface area contributed by atoms with E-state index >= 15 is 0 Å². The summed E-state index contributed by atoms with van der Waals surface area (Å²) in [5, 5.41) is 4.41. The third-order valence-corrected chi connectivity index (χ3v) is 3.73. The Kier molecular flexibility index (Phi) is 5.57. The number of aryl methyl sites for hydroxylation is 1. The van der Waals surface area contributed by atoms with Crippen LogP contribution in [-0.4, -0.2) is 11.5 Å². The van der Waals surface area contributed by atoms with Crippen LogP contribution in [-0.2, 0) is 6.42 Å². The summed E-state index contributed by atoms with van der Waals surface area (Å²) in [7, 11) is 0. The molecule has 0 saturated carbocycles. The van der Waals surface area contributed by atoms with Gasteiger partial charge < -0.3 is 5.32 Å². The second kappa shape index (κ2) is 7.41. The third-order valence-electron chi connectivity index (χ3n) is 3.36. The van der Waals surface area contributed by atoms with Crippen LogP contribution in [0, 0.1) is 6.92 Å². The van der Waals surface area contributed by atoms with Crippen molar-refractivity contribution in [1.29, 1.82) is 0 Å². The Hall–Kier alpha value is -1.38. The van der Waals surface area contributed by atoms with Crippen LogP contribution in [0.5, 0.6) is 0 Å². The molecule has 2 rings (SSSR count). The zero-order valence-electron chi connectivity index (χ0n) is 12.1. The second-order valence-corrected chi connectivity index (χ2v) is 5.44. The van der Waals surface area contributed by atoms with E-state index in [-0.39, 0.29) is 6.04 Å². The van der Waals surface area contributed by atoms with E-state index in [1.807, 2.05) is 31.3 Å². The van der Waals surface area contributed by atoms with E-state index in [1.54, 1.807) is 0 Å². The fraction of sp³-hybridized carbons (Fsp3) is 0.353. The summed E-state index contributed by atoms with van der Waals surface area (Å²) in [6.45, 7) is 5.17. The summed E-state index contributed by atoms with van der Waals surface area (Å²) in [4.78, 5) is 4.40. The smallest absolute Gasteiger partial charge is 0.0438 e. The lowest BCUT2D eigenvalue weighted by atomic mass is 9.99. The monoisotopic (exact) mass is 288 g/mol. The van der Waals surface area contributed by atoms with Crippen molar-refractivity contribution < 1.29 is 0 Å². The molecule has 0 bridgehead atoms. The maximum Gasteiger partial charge on any atom is 0.0438 e. The molecule has 3 heteroatoms. The van der Waals surface area contributed by atoms with Crippen LogP contribution in [0.25, 0.3) is 0 Å². The number of pyridine rings is 1. The average molecular weight is 289 g/mol. The Bertz CT molecular complexity index is 537. The lowest BCUT2D eigenvalue weighted by Crippen LogP contribution is -2.24. The normalized spacial score (nSPS) is 12.3. The zero-order valence-corrected chi connectivity index (χ0v) is 12.8. The Morgan fingerprint density at radius 2 is 2.00 bits per heavy atom. The minimum absolute atomic E-state index is 0.253. The molecular formula is C17H21ClN2. The molecule has 0 fully saturated rings. The highest BCUT2D eigenvalue weighted by Crippen LogP contribution is 2.23. The van der Waals surface area contributed by atoms with Crippen molar-refractivity contribution in [2.75, 3.05) is 6.54 Å². The maximum absolute atomic E-state index is 6.27. The summed E-state index contributed by atoms with van der Waals surface area (Å²) < 4.78 is 0. The first-order valence-electron chi connectivity index (χ1n) is 7.10. The fourth-order valence-corrected chi connectivity index (χ4v) is 2.41. The molecule has 1 unspecified atom stereocenters. The number of halogens is 1. The van der Waals surface area contributed by atoms with Gasteiger partial charge in [0, 0.05) is 23.0 Å². The van der Waals surface area contributed by atoms with Gasteiger partial charge in [-0.1, -0.05) is 42.8 Å². The number of nitrogens with one attached hydrogen (secondary N) is 1. The second-order valence-electron chi connectivity index (χ2n) is 5.04. The molecule has 0 radical (unpaired) electrons. The van der Waals surface area contributed by atoms with Crippen LogP contribution >= 0.6 is 11.6 Å². The lowest BCUT2D eigenvalue weighted by Gasteiger charge is -2.19. The van der Waals surface area contributed by atoms with Gasteiger partial charge in [-0.2, -0.15) is 0 Å². The van der Waals surface area contributed by atoms with Gasteiger partial charge in [-0.25, -0.2) is 0 Å². The molecule has 2 nitrogen and oxygen atoms in total. The van der Waals surface area contributed by atoms with Gasteiger partial charge in [-0.3, -0.25) is 4.98 Å². The molecule has 0 spiro atoms. The molecule has 2 aromatic rings. The number of hydrogen-bond acceptors (Lipinski definition) is 2. The van der Waals surface area contributed by atoms with E-state index in [0.717, 1.165) is 30.1 Å². The summed E-state index contributed by atoms with van der Waals surface area (Å²) >= 11 is 6.27. The molecule has 0 aliphatic heterocycles. The average Bonchev–Trinajstić information content (AvgIpc) is 2.46. The van der Waals surface area contributed by atoms with E-state index in [0.29, 0.717) is 0 Å². The van der Waals surface area contributed by atoms with Crippen molar-refractivity contribution in [1.82, 2.24) is 10.3 Å². The summed E-state index contributed by atoms with van der Waals surface area (Å²) in [5.74, 6) is 0. The summed E-state index contributed by atoms with van der Waals surface area (Å²) in [6.07, 6.45) is 3.95. The molecule has 0 aliphatic carbocycles. The van der Waals surface area contributed by atoms with Crippen molar-refractivity contribution in [2.24, 2.45) is 0 Å². The predicted octanol–water partition coefficient (Wildman–Crippen LogP) is 4.33. The van der Waals surface area contributed by atoms with Crippen LogP contribution in [0.15, 0.2) is 42.6 Å². The topological polar surface area (TPSA) is 24.9 Å². The Morgan fingerprint density at radius 3 is 2.65 bits per heavy atom. The minimum Gasteiger partial charge on any atom is -0.310 e. The molecule has 1 N–H and O–H groups in total. The Morgan fingerprint density at radius 1 is 1.20 bits per heavy atom. The van der Waals surface area contributed by atoms with Crippen molar-refractivity contribution in [3.05, 3.63) is 64.4 Å². The van der Waals surface area contributed by atoms with Gasteiger partial charge in [-0.05, 0) is 49.6 Å². The van der Waals surface area contributed by atoms with Gasteiger partial charge in [0.05, 0.1) is 0 Å². The van der Waals surface area contributed by atoms with Crippen LogP contribution in [0.1, 0.15) is 36.2 Å². The van der Waals surface area contributed by atoms with Gasteiger partial charge in [0.15, 0.2) is 0 Å². The molecular weight excluding hydrogens is 268 g/mol. The Labute approximate surface area is 126 Å². The number of hydrogen-bond donors (Lipinski definition) is 1. The minimum atomic E-state index is 0.253. The zero-order chi connectivity index (χ0) is 14.4. The first-order valence-corrected chi connectivity index (χ1v) is 7.48. The van der Waals surface area contributed by atoms with Crippen molar-refractivity contribution in [3.8, 4) is 0 Å². The summed E-state index contributed by atoms with van der Waals surface area (Å²) in [5.41, 5.74) is 3.42. The highest BCUT2D eigenvalue weighted by Gasteiger charge is 2.13. The Balaban J connectivity index is 2.19. The molecule has 1 aromatic heterocycles. The number of benzene rings is 1. The first-order chi connectivity index (χ1) is 9.70. The molecule has 0 saturated heterocycles. The SMILES string of the molecule is CCCNC(Cc1ccccc1Cl)c1ccc(C)nc1. The van der Waals surface area contributed by atoms with Crippen molar-refractivity contribution in [2.45, 2.75) is 32.7 Å². The largest absolute Gasteiger partial charge is 0.310 e. The standard InChI is InChI=1S/C17H21ClN2/c1-3-10-19-17(15-9-8-13(2)20-12-15)11-14-6-4-5-7-16(14)18/h4-9,12,17,19H,3,10-11H2,1-2H3. The van der Waals surface area contributed by atoms with E-state index in [1.165, 1.54) is 11.1 Å². The highest BCUT2D eigenvalue weighted by molar-refractivity contribution is 6.31. The number of rotatable bonds is 6. The van der Waals surface area contributed by atoms with Crippen LogP contribution in [0.2, 0.25) is 5.02 Å². The van der Waals surface area contributed by atoms with Gasteiger partial charge in [0.2, 0.25) is 0 Å². The maximum atomic E-state index is 6.27. The predicted molar refractivity (Wildman–Crippen MR) is 85.2 cm³/mol. The molecule has 1 heterocycles. The third kappa shape index (κ3) is 4.06. The van der Waals surface area contributed by atoms with Gasteiger partial charge >= 0.3 is 0 Å². The van der Waals surface area contributed by atoms with Crippen LogP contribution < -0.4 is 5.32 Å². The molecule has 0 aliphatic rings. The van der Waals surface area contributed by atoms with Crippen LogP contribution in [0.3, 0.4) is 0 Å². The molecule has 1 atom stereocenters. The van der Waals surface area contributed by atoms with Crippen LogP contribution in [0.4, 0.5) is 0 Å². The highest BCUT2D eigenvalue weighted by atomic mass is 35.5.